The molecular formula is C16H22N4. The summed E-state index contributed by atoms with van der Waals surface area (Å²) < 4.78 is 1.87. The van der Waals surface area contributed by atoms with E-state index in [1.54, 1.807) is 6.20 Å². The van der Waals surface area contributed by atoms with Crippen LogP contribution in [0.5, 0.6) is 0 Å². The smallest absolute Gasteiger partial charge is 0.0692 e. The van der Waals surface area contributed by atoms with Crippen molar-refractivity contribution < 1.29 is 0 Å². The second kappa shape index (κ2) is 5.37. The van der Waals surface area contributed by atoms with E-state index in [4.69, 9.17) is 0 Å². The third-order valence-corrected chi connectivity index (χ3v) is 4.33. The molecule has 1 heterocycles. The van der Waals surface area contributed by atoms with Gasteiger partial charge in [0.1, 0.15) is 0 Å². The number of hydrogen-bond acceptors (Lipinski definition) is 3. The first-order valence-electron chi connectivity index (χ1n) is 7.34. The summed E-state index contributed by atoms with van der Waals surface area (Å²) in [7, 11) is 0. The first-order chi connectivity index (χ1) is 9.67. The SMILES string of the molecule is CC1(C)CCC(NCCn2ccnn2)c2ccccc21. The standard InChI is InChI=1S/C16H22N4/c1-16(2)8-7-15(13-5-3-4-6-14(13)16)17-9-11-20-12-10-18-19-20/h3-6,10,12,15,17H,7-9,11H2,1-2H3. The van der Waals surface area contributed by atoms with Gasteiger partial charge in [0.15, 0.2) is 0 Å². The highest BCUT2D eigenvalue weighted by Crippen LogP contribution is 2.41. The monoisotopic (exact) mass is 270 g/mol. The van der Waals surface area contributed by atoms with Crippen molar-refractivity contribution >= 4 is 0 Å². The van der Waals surface area contributed by atoms with Crippen LogP contribution in [-0.2, 0) is 12.0 Å². The Morgan fingerprint density at radius 3 is 3.00 bits per heavy atom. The predicted molar refractivity (Wildman–Crippen MR) is 79.5 cm³/mol. The van der Waals surface area contributed by atoms with E-state index in [1.807, 2.05) is 10.9 Å². The van der Waals surface area contributed by atoms with Gasteiger partial charge >= 0.3 is 0 Å². The van der Waals surface area contributed by atoms with Gasteiger partial charge in [-0.15, -0.1) is 5.10 Å². The van der Waals surface area contributed by atoms with Crippen LogP contribution in [0.2, 0.25) is 0 Å². The van der Waals surface area contributed by atoms with E-state index in [2.05, 4.69) is 53.7 Å². The lowest BCUT2D eigenvalue weighted by Crippen LogP contribution is -2.34. The molecule has 1 atom stereocenters. The van der Waals surface area contributed by atoms with Gasteiger partial charge in [-0.25, -0.2) is 0 Å². The fraction of sp³-hybridized carbons (Fsp3) is 0.500. The summed E-state index contributed by atoms with van der Waals surface area (Å²) in [6.45, 7) is 6.47. The van der Waals surface area contributed by atoms with Gasteiger partial charge in [-0.2, -0.15) is 0 Å². The molecule has 1 aliphatic carbocycles. The summed E-state index contributed by atoms with van der Waals surface area (Å²) >= 11 is 0. The second-order valence-corrected chi connectivity index (χ2v) is 6.18. The third-order valence-electron chi connectivity index (χ3n) is 4.33. The van der Waals surface area contributed by atoms with Gasteiger partial charge in [0, 0.05) is 18.8 Å². The number of nitrogens with zero attached hydrogens (tertiary/aromatic N) is 3. The maximum absolute atomic E-state index is 3.99. The van der Waals surface area contributed by atoms with Gasteiger partial charge in [0.25, 0.3) is 0 Å². The number of fused-ring (bicyclic) bond motifs is 1. The molecule has 0 bridgehead atoms. The Hall–Kier alpha value is -1.68. The predicted octanol–water partition coefficient (Wildman–Crippen LogP) is 2.68. The first-order valence-corrected chi connectivity index (χ1v) is 7.34. The quantitative estimate of drug-likeness (QED) is 0.929. The molecule has 1 unspecified atom stereocenters. The number of benzene rings is 1. The summed E-state index contributed by atoms with van der Waals surface area (Å²) in [6.07, 6.45) is 6.05. The van der Waals surface area contributed by atoms with E-state index in [0.29, 0.717) is 11.5 Å². The fourth-order valence-electron chi connectivity index (χ4n) is 3.13. The Morgan fingerprint density at radius 2 is 2.20 bits per heavy atom. The van der Waals surface area contributed by atoms with E-state index in [0.717, 1.165) is 13.1 Å². The molecule has 0 saturated heterocycles. The second-order valence-electron chi connectivity index (χ2n) is 6.18. The van der Waals surface area contributed by atoms with Gasteiger partial charge in [-0.1, -0.05) is 43.3 Å². The Kier molecular flexibility index (Phi) is 3.57. The molecule has 1 aliphatic rings. The summed E-state index contributed by atoms with van der Waals surface area (Å²) in [5.41, 5.74) is 3.24. The molecule has 4 heteroatoms. The molecule has 0 saturated carbocycles. The number of aromatic nitrogens is 3. The van der Waals surface area contributed by atoms with E-state index in [-0.39, 0.29) is 0 Å². The summed E-state index contributed by atoms with van der Waals surface area (Å²) in [5, 5.41) is 11.5. The minimum Gasteiger partial charge on any atom is -0.308 e. The third kappa shape index (κ3) is 2.61. The van der Waals surface area contributed by atoms with Gasteiger partial charge in [-0.05, 0) is 29.4 Å². The molecule has 3 rings (SSSR count). The fourth-order valence-corrected chi connectivity index (χ4v) is 3.13. The molecule has 0 radical (unpaired) electrons. The molecule has 1 aromatic carbocycles. The lowest BCUT2D eigenvalue weighted by atomic mass is 9.71. The average Bonchev–Trinajstić information content (AvgIpc) is 2.95. The lowest BCUT2D eigenvalue weighted by Gasteiger charge is -2.37. The molecule has 106 valence electrons. The Labute approximate surface area is 120 Å². The van der Waals surface area contributed by atoms with E-state index in [9.17, 15) is 0 Å². The molecule has 20 heavy (non-hydrogen) atoms. The zero-order valence-electron chi connectivity index (χ0n) is 12.2. The van der Waals surface area contributed by atoms with Crippen molar-refractivity contribution in [1.29, 1.82) is 0 Å². The van der Waals surface area contributed by atoms with Crippen molar-refractivity contribution in [2.75, 3.05) is 6.54 Å². The molecule has 0 spiro atoms. The summed E-state index contributed by atoms with van der Waals surface area (Å²) in [4.78, 5) is 0. The molecule has 2 aromatic rings. The Bertz CT molecular complexity index is 560. The van der Waals surface area contributed by atoms with Gasteiger partial charge in [0.05, 0.1) is 12.7 Å². The van der Waals surface area contributed by atoms with Crippen LogP contribution in [-0.4, -0.2) is 21.5 Å². The maximum Gasteiger partial charge on any atom is 0.0692 e. The molecule has 1 aromatic heterocycles. The van der Waals surface area contributed by atoms with Crippen molar-refractivity contribution in [3.05, 3.63) is 47.8 Å². The van der Waals surface area contributed by atoms with E-state index in [1.165, 1.54) is 24.0 Å². The molecule has 0 amide bonds. The number of nitrogens with one attached hydrogen (secondary N) is 1. The van der Waals surface area contributed by atoms with Gasteiger partial charge in [-0.3, -0.25) is 4.68 Å². The average molecular weight is 270 g/mol. The van der Waals surface area contributed by atoms with E-state index < -0.39 is 0 Å². The highest BCUT2D eigenvalue weighted by atomic mass is 15.4. The lowest BCUT2D eigenvalue weighted by molar-refractivity contribution is 0.352. The van der Waals surface area contributed by atoms with Crippen LogP contribution >= 0.6 is 0 Å². The molecule has 4 nitrogen and oxygen atoms in total. The van der Waals surface area contributed by atoms with Crippen LogP contribution in [0, 0.1) is 0 Å². The maximum atomic E-state index is 3.99. The minimum atomic E-state index is 0.292. The summed E-state index contributed by atoms with van der Waals surface area (Å²) in [6, 6.07) is 9.30. The number of rotatable bonds is 4. The highest BCUT2D eigenvalue weighted by Gasteiger charge is 2.31. The molecule has 1 N–H and O–H groups in total. The highest BCUT2D eigenvalue weighted by molar-refractivity contribution is 5.38. The number of hydrogen-bond donors (Lipinski definition) is 1. The van der Waals surface area contributed by atoms with Crippen molar-refractivity contribution in [3.8, 4) is 0 Å². The molecular weight excluding hydrogens is 248 g/mol. The minimum absolute atomic E-state index is 0.292. The van der Waals surface area contributed by atoms with Crippen LogP contribution < -0.4 is 5.32 Å². The van der Waals surface area contributed by atoms with Crippen LogP contribution in [0.25, 0.3) is 0 Å². The zero-order valence-corrected chi connectivity index (χ0v) is 12.2. The van der Waals surface area contributed by atoms with Gasteiger partial charge < -0.3 is 5.32 Å². The van der Waals surface area contributed by atoms with Crippen LogP contribution in [0.1, 0.15) is 43.9 Å². The normalized spacial score (nSPS) is 20.6. The van der Waals surface area contributed by atoms with Crippen molar-refractivity contribution in [3.63, 3.8) is 0 Å². The zero-order chi connectivity index (χ0) is 14.0. The summed E-state index contributed by atoms with van der Waals surface area (Å²) in [5.74, 6) is 0. The van der Waals surface area contributed by atoms with Crippen molar-refractivity contribution in [2.24, 2.45) is 0 Å². The van der Waals surface area contributed by atoms with E-state index >= 15 is 0 Å². The van der Waals surface area contributed by atoms with Crippen LogP contribution in [0.4, 0.5) is 0 Å². The Balaban J connectivity index is 1.69. The molecule has 0 fully saturated rings. The van der Waals surface area contributed by atoms with Crippen LogP contribution in [0.3, 0.4) is 0 Å². The molecule has 0 aliphatic heterocycles. The largest absolute Gasteiger partial charge is 0.308 e. The van der Waals surface area contributed by atoms with Crippen molar-refractivity contribution in [2.45, 2.75) is 44.7 Å². The Morgan fingerprint density at radius 1 is 1.35 bits per heavy atom. The topological polar surface area (TPSA) is 42.7 Å². The van der Waals surface area contributed by atoms with Gasteiger partial charge in [0.2, 0.25) is 0 Å². The van der Waals surface area contributed by atoms with Crippen molar-refractivity contribution in [1.82, 2.24) is 20.3 Å². The first kappa shape index (κ1) is 13.3. The van der Waals surface area contributed by atoms with Crippen LogP contribution in [0.15, 0.2) is 36.7 Å².